The number of benzene rings is 2. The molecule has 196 valence electrons. The van der Waals surface area contributed by atoms with Crippen LogP contribution in [-0.4, -0.2) is 28.9 Å². The van der Waals surface area contributed by atoms with E-state index in [2.05, 4.69) is 18.0 Å². The molecular weight excluding hydrogens is 516 g/mol. The topological polar surface area (TPSA) is 62.4 Å². The Kier molecular flexibility index (Phi) is 6.57. The highest BCUT2D eigenvalue weighted by atomic mass is 35.5. The number of methoxy groups -OCH3 is 1. The molecule has 0 bridgehead atoms. The molecule has 4 aromatic rings. The molecule has 2 heterocycles. The quantitative estimate of drug-likeness (QED) is 0.272. The van der Waals surface area contributed by atoms with Crippen molar-refractivity contribution in [2.75, 3.05) is 7.11 Å². The Morgan fingerprint density at radius 1 is 1.13 bits per heavy atom. The molecule has 1 amide bonds. The summed E-state index contributed by atoms with van der Waals surface area (Å²) in [5.74, 6) is 1.51. The van der Waals surface area contributed by atoms with Crippen LogP contribution in [0.25, 0.3) is 21.2 Å². The van der Waals surface area contributed by atoms with Gasteiger partial charge in [0.25, 0.3) is 5.91 Å². The zero-order chi connectivity index (χ0) is 26.4. The molecule has 2 fully saturated rings. The third kappa shape index (κ3) is 4.54. The molecule has 2 aliphatic carbocycles. The molecule has 2 aromatic carbocycles. The number of rotatable bonds is 6. The average Bonchev–Trinajstić information content (AvgIpc) is 3.43. The minimum Gasteiger partial charge on any atom is -0.496 e. The number of nitrogens with one attached hydrogen (secondary N) is 1. The number of H-pyrrole nitrogens is 1. The van der Waals surface area contributed by atoms with E-state index >= 15 is 0 Å². The number of ether oxygens (including phenoxy) is 1. The number of aromatic amines is 1. The lowest BCUT2D eigenvalue weighted by molar-refractivity contribution is 0.0576. The first-order chi connectivity index (χ1) is 18.4. The number of carbonyl (C=O) groups is 1. The molecule has 0 unspecified atom stereocenters. The molecule has 6 rings (SSSR count). The first kappa shape index (κ1) is 25.2. The summed E-state index contributed by atoms with van der Waals surface area (Å²) in [7, 11) is 1.66. The van der Waals surface area contributed by atoms with Crippen molar-refractivity contribution in [1.82, 2.24) is 9.88 Å². The number of carbonyl (C=O) groups excluding carboxylic acids is 1. The molecule has 2 aromatic heterocycles. The molecule has 2 saturated carbocycles. The predicted molar refractivity (Wildman–Crippen MR) is 154 cm³/mol. The molecule has 1 spiro atoms. The third-order valence-corrected chi connectivity index (χ3v) is 10.4. The maximum atomic E-state index is 14.2. The minimum absolute atomic E-state index is 0.0162. The van der Waals surface area contributed by atoms with Gasteiger partial charge in [-0.05, 0) is 78.8 Å². The van der Waals surface area contributed by atoms with Crippen molar-refractivity contribution in [2.24, 2.45) is 11.3 Å². The van der Waals surface area contributed by atoms with Crippen LogP contribution in [-0.2, 0) is 6.54 Å². The van der Waals surface area contributed by atoms with Crippen molar-refractivity contribution in [2.45, 2.75) is 51.6 Å². The largest absolute Gasteiger partial charge is 0.496 e. The molecule has 0 saturated heterocycles. The van der Waals surface area contributed by atoms with Gasteiger partial charge in [0.05, 0.1) is 12.1 Å². The van der Waals surface area contributed by atoms with Crippen LogP contribution in [0.1, 0.15) is 54.3 Å². The van der Waals surface area contributed by atoms with Crippen LogP contribution in [0.4, 0.5) is 0 Å². The summed E-state index contributed by atoms with van der Waals surface area (Å²) in [5, 5.41) is 1.46. The zero-order valence-electron chi connectivity index (χ0n) is 21.6. The van der Waals surface area contributed by atoms with Crippen LogP contribution >= 0.6 is 22.9 Å². The molecule has 5 nitrogen and oxygen atoms in total. The normalized spacial score (nSPS) is 22.5. The zero-order valence-corrected chi connectivity index (χ0v) is 23.2. The highest BCUT2D eigenvalue weighted by Crippen LogP contribution is 2.61. The molecule has 1 N–H and O–H groups in total. The Morgan fingerprint density at radius 3 is 2.53 bits per heavy atom. The first-order valence-electron chi connectivity index (χ1n) is 13.2. The van der Waals surface area contributed by atoms with Crippen molar-refractivity contribution in [3.8, 4) is 16.9 Å². The Bertz CT molecular complexity index is 1550. The van der Waals surface area contributed by atoms with E-state index in [0.717, 1.165) is 64.1 Å². The van der Waals surface area contributed by atoms with E-state index in [9.17, 15) is 9.59 Å². The van der Waals surface area contributed by atoms with E-state index in [4.69, 9.17) is 16.3 Å². The van der Waals surface area contributed by atoms with Crippen LogP contribution in [0.2, 0.25) is 5.02 Å². The van der Waals surface area contributed by atoms with Crippen LogP contribution in [0.3, 0.4) is 0 Å². The predicted octanol–water partition coefficient (Wildman–Crippen LogP) is 7.53. The number of hydrogen-bond acceptors (Lipinski definition) is 4. The summed E-state index contributed by atoms with van der Waals surface area (Å²) in [6, 6.07) is 17.4. The molecule has 0 radical (unpaired) electrons. The second-order valence-electron chi connectivity index (χ2n) is 10.8. The van der Waals surface area contributed by atoms with E-state index in [-0.39, 0.29) is 17.5 Å². The van der Waals surface area contributed by atoms with E-state index < -0.39 is 0 Å². The van der Waals surface area contributed by atoms with Crippen molar-refractivity contribution in [1.29, 1.82) is 0 Å². The monoisotopic (exact) mass is 546 g/mol. The van der Waals surface area contributed by atoms with Crippen molar-refractivity contribution in [3.05, 3.63) is 86.6 Å². The van der Waals surface area contributed by atoms with E-state index in [0.29, 0.717) is 21.9 Å². The number of thiophene rings is 1. The van der Waals surface area contributed by atoms with Crippen molar-refractivity contribution >= 4 is 38.9 Å². The number of amides is 1. The smallest absolute Gasteiger partial charge is 0.266 e. The van der Waals surface area contributed by atoms with Crippen LogP contribution in [0, 0.1) is 11.3 Å². The second kappa shape index (κ2) is 9.90. The van der Waals surface area contributed by atoms with E-state index in [1.54, 1.807) is 13.3 Å². The Labute approximate surface area is 231 Å². The molecule has 0 aliphatic heterocycles. The van der Waals surface area contributed by atoms with Gasteiger partial charge in [0.2, 0.25) is 5.56 Å². The van der Waals surface area contributed by atoms with Crippen LogP contribution in [0.15, 0.2) is 65.6 Å². The summed E-state index contributed by atoms with van der Waals surface area (Å²) in [4.78, 5) is 31.2. The number of halogens is 1. The van der Waals surface area contributed by atoms with Gasteiger partial charge in [0, 0.05) is 40.5 Å². The number of aromatic nitrogens is 1. The third-order valence-electron chi connectivity index (χ3n) is 8.72. The fourth-order valence-electron chi connectivity index (χ4n) is 6.24. The number of fused-ring (bicyclic) bond motifs is 1. The molecular formula is C31H31ClN2O3S. The van der Waals surface area contributed by atoms with Crippen LogP contribution in [0.5, 0.6) is 5.75 Å². The van der Waals surface area contributed by atoms with E-state index in [1.807, 2.05) is 47.4 Å². The maximum absolute atomic E-state index is 14.2. The Balaban J connectivity index is 1.37. The standard InChI is InChI=1S/C31H31ClN2O3S/c1-19-16-31(19)13-11-23(12-14-31)34(30(36)29-28(32)24-5-3-4-6-26(24)38-29)18-22-15-20(7-9-25(22)37-2)21-8-10-27(35)33-17-21/h3-10,15,17,19,23H,11-14,16,18H2,1-2H3,(H,33,35)/t19-,23?,31?/m1/s1. The summed E-state index contributed by atoms with van der Waals surface area (Å²) < 4.78 is 6.76. The fraction of sp³-hybridized carbons (Fsp3) is 0.355. The number of hydrogen-bond donors (Lipinski definition) is 1. The van der Waals surface area contributed by atoms with Gasteiger partial charge < -0.3 is 14.6 Å². The summed E-state index contributed by atoms with van der Waals surface area (Å²) in [6.45, 7) is 2.78. The summed E-state index contributed by atoms with van der Waals surface area (Å²) >= 11 is 8.27. The Morgan fingerprint density at radius 2 is 1.87 bits per heavy atom. The maximum Gasteiger partial charge on any atom is 0.266 e. The highest BCUT2D eigenvalue weighted by molar-refractivity contribution is 7.21. The van der Waals surface area contributed by atoms with Gasteiger partial charge in [0.15, 0.2) is 0 Å². The fourth-order valence-corrected chi connectivity index (χ4v) is 7.71. The van der Waals surface area contributed by atoms with Crippen molar-refractivity contribution in [3.63, 3.8) is 0 Å². The van der Waals surface area contributed by atoms with Gasteiger partial charge in [-0.15, -0.1) is 11.3 Å². The minimum atomic E-state index is -0.139. The van der Waals surface area contributed by atoms with Crippen LogP contribution < -0.4 is 10.3 Å². The average molecular weight is 547 g/mol. The van der Waals surface area contributed by atoms with Gasteiger partial charge in [-0.2, -0.15) is 0 Å². The number of nitrogens with zero attached hydrogens (tertiary/aromatic N) is 1. The second-order valence-corrected chi connectivity index (χ2v) is 12.3. The van der Waals surface area contributed by atoms with Gasteiger partial charge in [-0.3, -0.25) is 9.59 Å². The lowest BCUT2D eigenvalue weighted by Crippen LogP contribution is -2.42. The first-order valence-corrected chi connectivity index (χ1v) is 14.4. The molecule has 2 aliphatic rings. The lowest BCUT2D eigenvalue weighted by atomic mass is 9.81. The Hall–Kier alpha value is -3.09. The number of pyridine rings is 1. The summed E-state index contributed by atoms with van der Waals surface area (Å²) in [6.07, 6.45) is 7.35. The van der Waals surface area contributed by atoms with Crippen molar-refractivity contribution < 1.29 is 9.53 Å². The van der Waals surface area contributed by atoms with Gasteiger partial charge in [-0.25, -0.2) is 0 Å². The summed E-state index contributed by atoms with van der Waals surface area (Å²) in [5.41, 5.74) is 3.14. The van der Waals surface area contributed by atoms with Gasteiger partial charge >= 0.3 is 0 Å². The van der Waals surface area contributed by atoms with E-state index in [1.165, 1.54) is 23.8 Å². The SMILES string of the molecule is COc1ccc(-c2ccc(=O)[nH]c2)cc1CN(C(=O)c1sc2ccccc2c1Cl)C1CCC2(CC1)C[C@H]2C. The molecule has 38 heavy (non-hydrogen) atoms. The molecule has 1 atom stereocenters. The lowest BCUT2D eigenvalue weighted by Gasteiger charge is -2.38. The molecule has 7 heteroatoms. The van der Waals surface area contributed by atoms with Gasteiger partial charge in [-0.1, -0.05) is 42.8 Å². The van der Waals surface area contributed by atoms with Gasteiger partial charge in [0.1, 0.15) is 10.6 Å². The highest BCUT2D eigenvalue weighted by Gasteiger charge is 2.52.